The minimum atomic E-state index is -0.410. The highest BCUT2D eigenvalue weighted by Gasteiger charge is 2.24. The van der Waals surface area contributed by atoms with E-state index in [9.17, 15) is 10.1 Å². The smallest absolute Gasteiger partial charge is 0.296 e. The van der Waals surface area contributed by atoms with Gasteiger partial charge in [0.1, 0.15) is 5.69 Å². The Hall–Kier alpha value is -2.02. The summed E-state index contributed by atoms with van der Waals surface area (Å²) in [4.78, 5) is 10.7. The highest BCUT2D eigenvalue weighted by molar-refractivity contribution is 5.69. The van der Waals surface area contributed by atoms with Gasteiger partial charge in [-0.3, -0.25) is 10.1 Å². The molecule has 1 aromatic rings. The fourth-order valence-corrected chi connectivity index (χ4v) is 2.39. The molecule has 0 radical (unpaired) electrons. The van der Waals surface area contributed by atoms with Crippen molar-refractivity contribution >= 4 is 11.4 Å². The van der Waals surface area contributed by atoms with Gasteiger partial charge < -0.3 is 20.1 Å². The predicted octanol–water partition coefficient (Wildman–Crippen LogP) is 1.49. The Bertz CT molecular complexity index is 500. The fraction of sp³-hybridized carbons (Fsp3) is 0.500. The van der Waals surface area contributed by atoms with Crippen molar-refractivity contribution < 1.29 is 14.4 Å². The van der Waals surface area contributed by atoms with E-state index in [1.54, 1.807) is 6.07 Å². The molecule has 0 aromatic heterocycles. The van der Waals surface area contributed by atoms with Crippen molar-refractivity contribution in [2.75, 3.05) is 25.2 Å². The number of hydrogen-bond acceptors (Lipinski definition) is 6. The normalized spacial score (nSPS) is 20.5. The maximum atomic E-state index is 11.1. The number of fused-ring (bicyclic) bond motifs is 1. The quantitative estimate of drug-likeness (QED) is 0.633. The summed E-state index contributed by atoms with van der Waals surface area (Å²) in [7, 11) is 0. The summed E-state index contributed by atoms with van der Waals surface area (Å²) in [6.07, 6.45) is 2.24. The molecular weight excluding hydrogens is 250 g/mol. The Labute approximate surface area is 110 Å². The summed E-state index contributed by atoms with van der Waals surface area (Å²) in [5.74, 6) is 0.976. The number of hydrogen-bond donors (Lipinski definition) is 2. The lowest BCUT2D eigenvalue weighted by atomic mass is 10.2. The molecule has 2 aliphatic rings. The first kappa shape index (κ1) is 12.0. The molecule has 1 atom stereocenters. The average Bonchev–Trinajstić information content (AvgIpc) is 3.05. The van der Waals surface area contributed by atoms with E-state index in [0.717, 1.165) is 19.4 Å². The van der Waals surface area contributed by atoms with E-state index in [1.165, 1.54) is 6.07 Å². The third-order valence-corrected chi connectivity index (χ3v) is 3.39. The molecule has 0 saturated carbocycles. The van der Waals surface area contributed by atoms with Crippen LogP contribution in [0.15, 0.2) is 12.1 Å². The average molecular weight is 265 g/mol. The minimum Gasteiger partial charge on any atom is -0.454 e. The van der Waals surface area contributed by atoms with Gasteiger partial charge in [0.05, 0.1) is 11.0 Å². The first-order valence-corrected chi connectivity index (χ1v) is 6.29. The van der Waals surface area contributed by atoms with Crippen molar-refractivity contribution in [1.82, 2.24) is 5.32 Å². The Morgan fingerprint density at radius 1 is 1.42 bits per heavy atom. The molecule has 0 aliphatic carbocycles. The van der Waals surface area contributed by atoms with Crippen molar-refractivity contribution in [3.05, 3.63) is 22.2 Å². The molecule has 102 valence electrons. The van der Waals surface area contributed by atoms with Gasteiger partial charge in [-0.05, 0) is 19.4 Å². The Balaban J connectivity index is 1.80. The number of nitrogens with zero attached hydrogens (tertiary/aromatic N) is 1. The molecule has 3 rings (SSSR count). The zero-order chi connectivity index (χ0) is 13.2. The van der Waals surface area contributed by atoms with Crippen LogP contribution in [0, 0.1) is 10.1 Å². The van der Waals surface area contributed by atoms with Crippen molar-refractivity contribution in [2.24, 2.45) is 0 Å². The van der Waals surface area contributed by atoms with E-state index in [4.69, 9.17) is 9.47 Å². The van der Waals surface area contributed by atoms with Gasteiger partial charge >= 0.3 is 0 Å². The summed E-state index contributed by atoms with van der Waals surface area (Å²) in [5.41, 5.74) is 0.491. The monoisotopic (exact) mass is 265 g/mol. The second-order valence-corrected chi connectivity index (χ2v) is 4.65. The number of nitrogens with one attached hydrogen (secondary N) is 2. The van der Waals surface area contributed by atoms with Gasteiger partial charge in [-0.15, -0.1) is 0 Å². The molecule has 0 bridgehead atoms. The van der Waals surface area contributed by atoms with Gasteiger partial charge in [-0.1, -0.05) is 0 Å². The van der Waals surface area contributed by atoms with Crippen LogP contribution in [0.3, 0.4) is 0 Å². The summed E-state index contributed by atoms with van der Waals surface area (Å²) >= 11 is 0. The van der Waals surface area contributed by atoms with E-state index in [2.05, 4.69) is 10.6 Å². The number of anilines is 1. The lowest BCUT2D eigenvalue weighted by Gasteiger charge is -2.13. The summed E-state index contributed by atoms with van der Waals surface area (Å²) in [6.45, 7) is 1.79. The standard InChI is InChI=1S/C12H15N3O4/c16-15(17)10-5-12-11(18-7-19-12)4-9(10)14-6-8-2-1-3-13-8/h4-5,8,13-14H,1-3,6-7H2. The van der Waals surface area contributed by atoms with Crippen LogP contribution in [0.4, 0.5) is 11.4 Å². The zero-order valence-corrected chi connectivity index (χ0v) is 10.3. The lowest BCUT2D eigenvalue weighted by Crippen LogP contribution is -2.29. The van der Waals surface area contributed by atoms with E-state index in [1.807, 2.05) is 0 Å². The number of ether oxygens (including phenoxy) is 2. The molecule has 1 fully saturated rings. The third kappa shape index (κ3) is 2.41. The SMILES string of the molecule is O=[N+]([O-])c1cc2c(cc1NCC1CCCN1)OCO2. The first-order chi connectivity index (χ1) is 9.24. The Morgan fingerprint density at radius 2 is 2.21 bits per heavy atom. The van der Waals surface area contributed by atoms with Crippen LogP contribution >= 0.6 is 0 Å². The number of benzene rings is 1. The van der Waals surface area contributed by atoms with Crippen molar-refractivity contribution in [1.29, 1.82) is 0 Å². The van der Waals surface area contributed by atoms with Crippen LogP contribution in [-0.2, 0) is 0 Å². The van der Waals surface area contributed by atoms with Crippen LogP contribution in [0.5, 0.6) is 11.5 Å². The van der Waals surface area contributed by atoms with Crippen molar-refractivity contribution in [3.63, 3.8) is 0 Å². The molecule has 7 nitrogen and oxygen atoms in total. The van der Waals surface area contributed by atoms with E-state index >= 15 is 0 Å². The number of nitro benzene ring substituents is 1. The molecule has 2 N–H and O–H groups in total. The third-order valence-electron chi connectivity index (χ3n) is 3.39. The Kier molecular flexibility index (Phi) is 3.12. The highest BCUT2D eigenvalue weighted by atomic mass is 16.7. The molecule has 0 amide bonds. The summed E-state index contributed by atoms with van der Waals surface area (Å²) in [6, 6.07) is 3.41. The second-order valence-electron chi connectivity index (χ2n) is 4.65. The highest BCUT2D eigenvalue weighted by Crippen LogP contribution is 2.40. The largest absolute Gasteiger partial charge is 0.454 e. The topological polar surface area (TPSA) is 85.7 Å². The number of rotatable bonds is 4. The van der Waals surface area contributed by atoms with Gasteiger partial charge in [0, 0.05) is 18.7 Å². The Morgan fingerprint density at radius 3 is 2.89 bits per heavy atom. The van der Waals surface area contributed by atoms with Crippen LogP contribution in [0.1, 0.15) is 12.8 Å². The summed E-state index contributed by atoms with van der Waals surface area (Å²) < 4.78 is 10.4. The molecular formula is C12H15N3O4. The number of nitro groups is 1. The predicted molar refractivity (Wildman–Crippen MR) is 68.7 cm³/mol. The van der Waals surface area contributed by atoms with Crippen LogP contribution < -0.4 is 20.1 Å². The molecule has 0 spiro atoms. The fourth-order valence-electron chi connectivity index (χ4n) is 2.39. The van der Waals surface area contributed by atoms with Crippen LogP contribution in [-0.4, -0.2) is 30.8 Å². The van der Waals surface area contributed by atoms with Crippen LogP contribution in [0.25, 0.3) is 0 Å². The van der Waals surface area contributed by atoms with E-state index in [0.29, 0.717) is 29.8 Å². The van der Waals surface area contributed by atoms with Gasteiger partial charge in [-0.2, -0.15) is 0 Å². The van der Waals surface area contributed by atoms with Crippen LogP contribution in [0.2, 0.25) is 0 Å². The molecule has 2 aliphatic heterocycles. The zero-order valence-electron chi connectivity index (χ0n) is 10.3. The maximum Gasteiger partial charge on any atom is 0.296 e. The summed E-state index contributed by atoms with van der Waals surface area (Å²) in [5, 5.41) is 17.5. The molecule has 7 heteroatoms. The van der Waals surface area contributed by atoms with Gasteiger partial charge in [-0.25, -0.2) is 0 Å². The molecule has 2 heterocycles. The second kappa shape index (κ2) is 4.93. The first-order valence-electron chi connectivity index (χ1n) is 6.29. The lowest BCUT2D eigenvalue weighted by molar-refractivity contribution is -0.384. The van der Waals surface area contributed by atoms with E-state index < -0.39 is 4.92 Å². The molecule has 19 heavy (non-hydrogen) atoms. The molecule has 1 unspecified atom stereocenters. The van der Waals surface area contributed by atoms with E-state index in [-0.39, 0.29) is 12.5 Å². The minimum absolute atomic E-state index is 0.0160. The molecule has 1 saturated heterocycles. The molecule has 1 aromatic carbocycles. The van der Waals surface area contributed by atoms with Gasteiger partial charge in [0.15, 0.2) is 11.5 Å². The maximum absolute atomic E-state index is 11.1. The van der Waals surface area contributed by atoms with Gasteiger partial charge in [0.2, 0.25) is 6.79 Å². The van der Waals surface area contributed by atoms with Crippen molar-refractivity contribution in [2.45, 2.75) is 18.9 Å². The van der Waals surface area contributed by atoms with Gasteiger partial charge in [0.25, 0.3) is 5.69 Å². The van der Waals surface area contributed by atoms with Crippen molar-refractivity contribution in [3.8, 4) is 11.5 Å².